The van der Waals surface area contributed by atoms with E-state index in [-0.39, 0.29) is 24.3 Å². The van der Waals surface area contributed by atoms with Crippen molar-refractivity contribution in [2.75, 3.05) is 26.2 Å². The minimum absolute atomic E-state index is 0.000331. The Kier molecular flexibility index (Phi) is 5.01. The van der Waals surface area contributed by atoms with Crippen LogP contribution in [0.1, 0.15) is 31.7 Å². The number of carbonyl (C=O) groups excluding carboxylic acids is 3. The van der Waals surface area contributed by atoms with Gasteiger partial charge < -0.3 is 15.1 Å². The number of pyridine rings is 1. The molecule has 2 aliphatic heterocycles. The van der Waals surface area contributed by atoms with Crippen molar-refractivity contribution in [1.29, 1.82) is 0 Å². The zero-order chi connectivity index (χ0) is 17.9. The Balaban J connectivity index is 1.64. The minimum Gasteiger partial charge on any atom is -0.347 e. The third-order valence-electron chi connectivity index (χ3n) is 5.14. The molecule has 0 radical (unpaired) electrons. The van der Waals surface area contributed by atoms with Crippen LogP contribution in [0.2, 0.25) is 0 Å². The van der Waals surface area contributed by atoms with Crippen LogP contribution in [0.25, 0.3) is 0 Å². The molecule has 2 fully saturated rings. The first-order valence-electron chi connectivity index (χ1n) is 8.71. The molecule has 0 aromatic carbocycles. The van der Waals surface area contributed by atoms with Crippen LogP contribution < -0.4 is 5.32 Å². The summed E-state index contributed by atoms with van der Waals surface area (Å²) in [5.41, 5.74) is 0.603. The van der Waals surface area contributed by atoms with Crippen LogP contribution in [-0.4, -0.2) is 58.7 Å². The van der Waals surface area contributed by atoms with Gasteiger partial charge in [0.15, 0.2) is 0 Å². The van der Waals surface area contributed by atoms with Gasteiger partial charge in [-0.05, 0) is 37.0 Å². The SMILES string of the molecule is CC(=O)NCC(=O)N1CCCC2(CCN(Cc3ccncc3)C2=O)C1. The molecular weight excluding hydrogens is 320 g/mol. The van der Waals surface area contributed by atoms with Crippen molar-refractivity contribution in [3.8, 4) is 0 Å². The van der Waals surface area contributed by atoms with Crippen molar-refractivity contribution in [3.05, 3.63) is 30.1 Å². The number of nitrogens with one attached hydrogen (secondary N) is 1. The van der Waals surface area contributed by atoms with Crippen molar-refractivity contribution >= 4 is 17.7 Å². The van der Waals surface area contributed by atoms with Crippen molar-refractivity contribution in [2.45, 2.75) is 32.7 Å². The Labute approximate surface area is 147 Å². The number of amides is 3. The molecular formula is C18H24N4O3. The lowest BCUT2D eigenvalue weighted by Crippen LogP contribution is -2.51. The third-order valence-corrected chi connectivity index (χ3v) is 5.14. The van der Waals surface area contributed by atoms with Gasteiger partial charge >= 0.3 is 0 Å². The fraction of sp³-hybridized carbons (Fsp3) is 0.556. The lowest BCUT2D eigenvalue weighted by atomic mass is 9.78. The maximum atomic E-state index is 13.0. The van der Waals surface area contributed by atoms with Crippen molar-refractivity contribution < 1.29 is 14.4 Å². The monoisotopic (exact) mass is 344 g/mol. The second-order valence-electron chi connectivity index (χ2n) is 6.94. The number of likely N-dealkylation sites (tertiary alicyclic amines) is 2. The summed E-state index contributed by atoms with van der Waals surface area (Å²) in [6, 6.07) is 3.84. The van der Waals surface area contributed by atoms with E-state index in [1.165, 1.54) is 6.92 Å². The smallest absolute Gasteiger partial charge is 0.241 e. The number of aromatic nitrogens is 1. The van der Waals surface area contributed by atoms with Crippen LogP contribution in [0, 0.1) is 5.41 Å². The van der Waals surface area contributed by atoms with E-state index in [9.17, 15) is 14.4 Å². The second-order valence-corrected chi connectivity index (χ2v) is 6.94. The molecule has 7 nitrogen and oxygen atoms in total. The Morgan fingerprint density at radius 3 is 2.72 bits per heavy atom. The quantitative estimate of drug-likeness (QED) is 0.865. The molecule has 3 amide bonds. The molecule has 1 atom stereocenters. The minimum atomic E-state index is -0.461. The average molecular weight is 344 g/mol. The Morgan fingerprint density at radius 1 is 1.24 bits per heavy atom. The summed E-state index contributed by atoms with van der Waals surface area (Å²) in [5.74, 6) is -0.198. The summed E-state index contributed by atoms with van der Waals surface area (Å²) >= 11 is 0. The van der Waals surface area contributed by atoms with Crippen LogP contribution in [-0.2, 0) is 20.9 Å². The zero-order valence-corrected chi connectivity index (χ0v) is 14.5. The van der Waals surface area contributed by atoms with E-state index in [2.05, 4.69) is 10.3 Å². The van der Waals surface area contributed by atoms with Crippen molar-refractivity contribution in [3.63, 3.8) is 0 Å². The molecule has 1 unspecified atom stereocenters. The van der Waals surface area contributed by atoms with Crippen LogP contribution in [0.5, 0.6) is 0 Å². The summed E-state index contributed by atoms with van der Waals surface area (Å²) in [6.07, 6.45) is 5.88. The number of hydrogen-bond donors (Lipinski definition) is 1. The zero-order valence-electron chi connectivity index (χ0n) is 14.5. The number of hydrogen-bond acceptors (Lipinski definition) is 4. The normalized spacial score (nSPS) is 23.2. The van der Waals surface area contributed by atoms with Gasteiger partial charge in [0.05, 0.1) is 12.0 Å². The maximum absolute atomic E-state index is 13.0. The highest BCUT2D eigenvalue weighted by molar-refractivity contribution is 5.87. The predicted molar refractivity (Wildman–Crippen MR) is 91.2 cm³/mol. The molecule has 3 heterocycles. The van der Waals surface area contributed by atoms with Gasteiger partial charge in [0.25, 0.3) is 0 Å². The van der Waals surface area contributed by atoms with Crippen LogP contribution in [0.4, 0.5) is 0 Å². The predicted octanol–water partition coefficient (Wildman–Crippen LogP) is 0.559. The number of rotatable bonds is 4. The highest BCUT2D eigenvalue weighted by Gasteiger charge is 2.49. The van der Waals surface area contributed by atoms with Crippen molar-refractivity contribution in [1.82, 2.24) is 20.1 Å². The van der Waals surface area contributed by atoms with Crippen LogP contribution >= 0.6 is 0 Å². The summed E-state index contributed by atoms with van der Waals surface area (Å²) in [4.78, 5) is 43.9. The lowest BCUT2D eigenvalue weighted by molar-refractivity contribution is -0.144. The van der Waals surface area contributed by atoms with E-state index < -0.39 is 5.41 Å². The Bertz CT molecular complexity index is 664. The molecule has 2 saturated heterocycles. The second kappa shape index (κ2) is 7.21. The number of piperidine rings is 1. The topological polar surface area (TPSA) is 82.6 Å². The number of carbonyl (C=O) groups is 3. The number of nitrogens with zero attached hydrogens (tertiary/aromatic N) is 3. The molecule has 0 bridgehead atoms. The fourth-order valence-corrected chi connectivity index (χ4v) is 3.79. The largest absolute Gasteiger partial charge is 0.347 e. The molecule has 3 rings (SSSR count). The van der Waals surface area contributed by atoms with Crippen LogP contribution in [0.3, 0.4) is 0 Å². The van der Waals surface area contributed by atoms with E-state index in [0.29, 0.717) is 19.6 Å². The van der Waals surface area contributed by atoms with E-state index in [4.69, 9.17) is 0 Å². The molecule has 1 N–H and O–H groups in total. The van der Waals surface area contributed by atoms with Gasteiger partial charge in [-0.2, -0.15) is 0 Å². The molecule has 134 valence electrons. The van der Waals surface area contributed by atoms with Crippen LogP contribution in [0.15, 0.2) is 24.5 Å². The van der Waals surface area contributed by atoms with Gasteiger partial charge in [-0.1, -0.05) is 0 Å². The summed E-state index contributed by atoms with van der Waals surface area (Å²) < 4.78 is 0. The van der Waals surface area contributed by atoms with Gasteiger partial charge in [0, 0.05) is 45.5 Å². The Morgan fingerprint density at radius 2 is 2.00 bits per heavy atom. The first kappa shape index (κ1) is 17.4. The average Bonchev–Trinajstić information content (AvgIpc) is 2.90. The van der Waals surface area contributed by atoms with Gasteiger partial charge in [-0.25, -0.2) is 0 Å². The maximum Gasteiger partial charge on any atom is 0.241 e. The summed E-state index contributed by atoms with van der Waals surface area (Å²) in [5, 5.41) is 2.54. The van der Waals surface area contributed by atoms with Gasteiger partial charge in [-0.3, -0.25) is 19.4 Å². The first-order valence-corrected chi connectivity index (χ1v) is 8.71. The molecule has 0 saturated carbocycles. The van der Waals surface area contributed by atoms with Gasteiger partial charge in [0.1, 0.15) is 0 Å². The van der Waals surface area contributed by atoms with E-state index in [1.54, 1.807) is 17.3 Å². The van der Waals surface area contributed by atoms with E-state index in [1.807, 2.05) is 17.0 Å². The molecule has 7 heteroatoms. The lowest BCUT2D eigenvalue weighted by Gasteiger charge is -2.39. The molecule has 25 heavy (non-hydrogen) atoms. The van der Waals surface area contributed by atoms with E-state index >= 15 is 0 Å². The summed E-state index contributed by atoms with van der Waals surface area (Å²) in [6.45, 7) is 3.80. The standard InChI is InChI=1S/C18H24N4O3/c1-14(23)20-11-16(24)22-9-2-5-18(13-22)6-10-21(17(18)25)12-15-3-7-19-8-4-15/h3-4,7-8H,2,5-6,9-13H2,1H3,(H,20,23). The van der Waals surface area contributed by atoms with Gasteiger partial charge in [-0.15, -0.1) is 0 Å². The molecule has 0 aliphatic carbocycles. The van der Waals surface area contributed by atoms with Crippen molar-refractivity contribution in [2.24, 2.45) is 5.41 Å². The third kappa shape index (κ3) is 3.81. The highest BCUT2D eigenvalue weighted by atomic mass is 16.2. The first-order chi connectivity index (χ1) is 12.0. The molecule has 1 spiro atoms. The van der Waals surface area contributed by atoms with E-state index in [0.717, 1.165) is 31.4 Å². The molecule has 2 aliphatic rings. The summed E-state index contributed by atoms with van der Waals surface area (Å²) in [7, 11) is 0. The highest BCUT2D eigenvalue weighted by Crippen LogP contribution is 2.40. The molecule has 1 aromatic rings. The van der Waals surface area contributed by atoms with Gasteiger partial charge in [0.2, 0.25) is 17.7 Å². The molecule has 1 aromatic heterocycles. The Hall–Kier alpha value is -2.44. The fourth-order valence-electron chi connectivity index (χ4n) is 3.79.